The number of nitrogens with one attached hydrogen (secondary N) is 2. The average molecular weight is 349 g/mol. The van der Waals surface area contributed by atoms with Gasteiger partial charge in [-0.05, 0) is 25.1 Å². The third-order valence-electron chi connectivity index (χ3n) is 4.03. The second-order valence-corrected chi connectivity index (χ2v) is 6.55. The number of carbonyl (C=O) groups excluding carboxylic acids is 2. The summed E-state index contributed by atoms with van der Waals surface area (Å²) in [6.45, 7) is 6.99. The Balaban J connectivity index is 1.88. The largest absolute Gasteiger partial charge is 0.387 e. The number of carbonyl (C=O) groups is 2. The summed E-state index contributed by atoms with van der Waals surface area (Å²) in [4.78, 5) is 25.9. The molecule has 1 aromatic carbocycles. The lowest BCUT2D eigenvalue weighted by Gasteiger charge is -2.33. The lowest BCUT2D eigenvalue weighted by atomic mass is 10.1. The summed E-state index contributed by atoms with van der Waals surface area (Å²) in [5.74, 6) is -0.388. The van der Waals surface area contributed by atoms with E-state index in [1.165, 1.54) is 0 Å². The summed E-state index contributed by atoms with van der Waals surface area (Å²) in [6.07, 6.45) is 0.376. The molecule has 0 saturated carbocycles. The molecule has 0 radical (unpaired) electrons. The molecule has 3 N–H and O–H groups in total. The maximum Gasteiger partial charge on any atom is 0.251 e. The van der Waals surface area contributed by atoms with Crippen LogP contribution in [0.2, 0.25) is 0 Å². The quantitative estimate of drug-likeness (QED) is 0.679. The lowest BCUT2D eigenvalue weighted by molar-refractivity contribution is -0.115. The Morgan fingerprint density at radius 1 is 1.32 bits per heavy atom. The number of ether oxygens (including phenoxy) is 1. The van der Waals surface area contributed by atoms with Crippen LogP contribution in [0, 0.1) is 0 Å². The third kappa shape index (κ3) is 6.45. The van der Waals surface area contributed by atoms with E-state index in [9.17, 15) is 14.7 Å². The van der Waals surface area contributed by atoms with E-state index in [4.69, 9.17) is 4.74 Å². The van der Waals surface area contributed by atoms with Gasteiger partial charge in [0.15, 0.2) is 0 Å². The zero-order chi connectivity index (χ0) is 18.3. The number of morpholine rings is 1. The molecule has 1 fully saturated rings. The minimum atomic E-state index is -1.03. The van der Waals surface area contributed by atoms with Crippen LogP contribution in [-0.2, 0) is 9.53 Å². The van der Waals surface area contributed by atoms with Crippen molar-refractivity contribution in [3.8, 4) is 0 Å². The Morgan fingerprint density at radius 2 is 2.04 bits per heavy atom. The van der Waals surface area contributed by atoms with Crippen LogP contribution in [0.15, 0.2) is 24.3 Å². The van der Waals surface area contributed by atoms with Gasteiger partial charge in [-0.3, -0.25) is 14.5 Å². The van der Waals surface area contributed by atoms with E-state index in [1.807, 2.05) is 0 Å². The highest BCUT2D eigenvalue weighted by atomic mass is 16.5. The molecule has 7 nitrogen and oxygen atoms in total. The van der Waals surface area contributed by atoms with Gasteiger partial charge in [0.1, 0.15) is 0 Å². The molecule has 0 spiro atoms. The smallest absolute Gasteiger partial charge is 0.251 e. The fourth-order valence-electron chi connectivity index (χ4n) is 2.66. The van der Waals surface area contributed by atoms with Gasteiger partial charge in [-0.1, -0.05) is 13.0 Å². The first-order valence-corrected chi connectivity index (χ1v) is 8.60. The van der Waals surface area contributed by atoms with E-state index in [0.717, 1.165) is 13.1 Å². The van der Waals surface area contributed by atoms with E-state index in [-0.39, 0.29) is 18.4 Å². The van der Waals surface area contributed by atoms with Crippen LogP contribution in [0.4, 0.5) is 5.69 Å². The Labute approximate surface area is 148 Å². The van der Waals surface area contributed by atoms with Crippen molar-refractivity contribution in [2.45, 2.75) is 25.9 Å². The van der Waals surface area contributed by atoms with Crippen molar-refractivity contribution in [2.24, 2.45) is 0 Å². The van der Waals surface area contributed by atoms with Gasteiger partial charge in [0.2, 0.25) is 5.91 Å². The van der Waals surface area contributed by atoms with Crippen molar-refractivity contribution in [3.63, 3.8) is 0 Å². The molecule has 1 aromatic rings. The van der Waals surface area contributed by atoms with Crippen LogP contribution in [-0.4, -0.2) is 66.8 Å². The number of aliphatic hydroxyl groups is 1. The van der Waals surface area contributed by atoms with E-state index in [0.29, 0.717) is 37.4 Å². The highest BCUT2D eigenvalue weighted by Gasteiger charge is 2.26. The van der Waals surface area contributed by atoms with Crippen LogP contribution >= 0.6 is 0 Å². The van der Waals surface area contributed by atoms with Gasteiger partial charge in [0.25, 0.3) is 5.91 Å². The summed E-state index contributed by atoms with van der Waals surface area (Å²) in [5, 5.41) is 16.0. The fourth-order valence-corrected chi connectivity index (χ4v) is 2.66. The summed E-state index contributed by atoms with van der Waals surface area (Å²) in [7, 11) is 0. The lowest BCUT2D eigenvalue weighted by Crippen LogP contribution is -2.51. The number of benzene rings is 1. The highest BCUT2D eigenvalue weighted by Crippen LogP contribution is 2.12. The molecule has 2 amide bonds. The first-order valence-electron chi connectivity index (χ1n) is 8.60. The van der Waals surface area contributed by atoms with E-state index >= 15 is 0 Å². The molecule has 0 bridgehead atoms. The predicted octanol–water partition coefficient (Wildman–Crippen LogP) is 0.848. The molecule has 0 aliphatic carbocycles. The van der Waals surface area contributed by atoms with Crippen molar-refractivity contribution < 1.29 is 19.4 Å². The molecule has 1 aliphatic rings. The standard InChI is InChI=1S/C18H27N3O4/c1-3-16(22)20-15-6-4-5-14(11-15)17(23)19-12-18(2,24)13-21-7-9-25-10-8-21/h4-6,11,24H,3,7-10,12-13H2,1-2H3,(H,19,23)(H,20,22)/t18-/m0/s1. The number of nitrogens with zero attached hydrogens (tertiary/aromatic N) is 1. The number of hydrogen-bond donors (Lipinski definition) is 3. The first-order chi connectivity index (χ1) is 11.9. The van der Waals surface area contributed by atoms with Crippen molar-refractivity contribution in [1.82, 2.24) is 10.2 Å². The van der Waals surface area contributed by atoms with E-state index in [1.54, 1.807) is 38.1 Å². The molecule has 1 saturated heterocycles. The second-order valence-electron chi connectivity index (χ2n) is 6.55. The van der Waals surface area contributed by atoms with Gasteiger partial charge in [-0.25, -0.2) is 0 Å². The van der Waals surface area contributed by atoms with Gasteiger partial charge in [-0.2, -0.15) is 0 Å². The van der Waals surface area contributed by atoms with Crippen LogP contribution in [0.25, 0.3) is 0 Å². The summed E-state index contributed by atoms with van der Waals surface area (Å²) in [6, 6.07) is 6.75. The SMILES string of the molecule is CCC(=O)Nc1cccc(C(=O)NC[C@](C)(O)CN2CCOCC2)c1. The van der Waals surface area contributed by atoms with Crippen LogP contribution in [0.5, 0.6) is 0 Å². The van der Waals surface area contributed by atoms with E-state index in [2.05, 4.69) is 15.5 Å². The van der Waals surface area contributed by atoms with E-state index < -0.39 is 5.60 Å². The molecule has 7 heteroatoms. The van der Waals surface area contributed by atoms with Crippen LogP contribution in [0.1, 0.15) is 30.6 Å². The average Bonchev–Trinajstić information content (AvgIpc) is 2.60. The van der Waals surface area contributed by atoms with Gasteiger partial charge in [-0.15, -0.1) is 0 Å². The third-order valence-corrected chi connectivity index (χ3v) is 4.03. The molecule has 0 unspecified atom stereocenters. The topological polar surface area (TPSA) is 90.9 Å². The monoisotopic (exact) mass is 349 g/mol. The Bertz CT molecular complexity index is 598. The van der Waals surface area contributed by atoms with Crippen molar-refractivity contribution in [1.29, 1.82) is 0 Å². The minimum absolute atomic E-state index is 0.106. The Morgan fingerprint density at radius 3 is 2.72 bits per heavy atom. The van der Waals surface area contributed by atoms with Crippen LogP contribution < -0.4 is 10.6 Å². The maximum atomic E-state index is 12.3. The van der Waals surface area contributed by atoms with Gasteiger partial charge in [0, 0.05) is 43.9 Å². The summed E-state index contributed by atoms with van der Waals surface area (Å²) < 4.78 is 5.29. The zero-order valence-electron chi connectivity index (χ0n) is 14.9. The highest BCUT2D eigenvalue weighted by molar-refractivity contribution is 5.97. The number of anilines is 1. The number of β-amino-alcohol motifs (C(OH)–C–C–N with tert-alkyl or cyclic N) is 1. The minimum Gasteiger partial charge on any atom is -0.387 e. The Hall–Kier alpha value is -1.96. The molecule has 1 aliphatic heterocycles. The zero-order valence-corrected chi connectivity index (χ0v) is 14.9. The first kappa shape index (κ1) is 19.4. The van der Waals surface area contributed by atoms with Crippen molar-refractivity contribution in [3.05, 3.63) is 29.8 Å². The Kier molecular flexibility index (Phi) is 6.92. The molecule has 1 atom stereocenters. The number of rotatable bonds is 7. The number of amides is 2. The predicted molar refractivity (Wildman–Crippen MR) is 95.6 cm³/mol. The van der Waals surface area contributed by atoms with Crippen LogP contribution in [0.3, 0.4) is 0 Å². The van der Waals surface area contributed by atoms with Gasteiger partial charge < -0.3 is 20.5 Å². The molecule has 1 heterocycles. The van der Waals surface area contributed by atoms with Gasteiger partial charge in [0.05, 0.1) is 18.8 Å². The molecular weight excluding hydrogens is 322 g/mol. The van der Waals surface area contributed by atoms with Crippen molar-refractivity contribution in [2.75, 3.05) is 44.7 Å². The molecule has 2 rings (SSSR count). The van der Waals surface area contributed by atoms with Gasteiger partial charge >= 0.3 is 0 Å². The number of hydrogen-bond acceptors (Lipinski definition) is 5. The maximum absolute atomic E-state index is 12.3. The second kappa shape index (κ2) is 8.94. The van der Waals surface area contributed by atoms with Crippen molar-refractivity contribution >= 4 is 17.5 Å². The molecule has 138 valence electrons. The molecule has 25 heavy (non-hydrogen) atoms. The fraction of sp³-hybridized carbons (Fsp3) is 0.556. The molecular formula is C18H27N3O4. The molecule has 0 aromatic heterocycles. The summed E-state index contributed by atoms with van der Waals surface area (Å²) >= 11 is 0. The summed E-state index contributed by atoms with van der Waals surface area (Å²) in [5.41, 5.74) is -0.00300. The normalized spacial score (nSPS) is 17.6.